The number of carbonyl (C=O) groups is 3. The number of ether oxygens (including phenoxy) is 2. The molecule has 0 radical (unpaired) electrons. The van der Waals surface area contributed by atoms with Crippen LogP contribution in [0, 0.1) is 23.2 Å². The van der Waals surface area contributed by atoms with Crippen molar-refractivity contribution in [1.82, 2.24) is 5.32 Å². The smallest absolute Gasteiger partial charge is 0.335 e. The van der Waals surface area contributed by atoms with Gasteiger partial charge in [-0.05, 0) is 101 Å². The maximum atomic E-state index is 13.5. The number of halogens is 2. The standard InChI is InChI=1S/C27H22FIN2O5/c1-15-7-16(2)9-20(8-15)31-26(33)21(25(32)30-27(31)34)11-18-12-22(29)24(23(13-18)35-3)36-14-17-5-4-6-19(28)10-17/h4-13H,14H2,1-3H3,(H,30,32,34)/b21-11+. The van der Waals surface area contributed by atoms with E-state index in [0.29, 0.717) is 31.9 Å². The maximum absolute atomic E-state index is 13.5. The SMILES string of the molecule is COc1cc(/C=C2\C(=O)NC(=O)N(c3cc(C)cc(C)c3)C2=O)cc(I)c1OCc1cccc(F)c1. The summed E-state index contributed by atoms with van der Waals surface area (Å²) < 4.78 is 25.5. The van der Waals surface area contributed by atoms with Crippen molar-refractivity contribution in [2.75, 3.05) is 12.0 Å². The van der Waals surface area contributed by atoms with Crippen molar-refractivity contribution in [1.29, 1.82) is 0 Å². The number of carbonyl (C=O) groups excluding carboxylic acids is 3. The van der Waals surface area contributed by atoms with Crippen LogP contribution < -0.4 is 19.7 Å². The van der Waals surface area contributed by atoms with Crippen LogP contribution in [0.2, 0.25) is 0 Å². The topological polar surface area (TPSA) is 84.9 Å². The summed E-state index contributed by atoms with van der Waals surface area (Å²) in [5.41, 5.74) is 3.09. The Hall–Kier alpha value is -3.73. The fourth-order valence-electron chi connectivity index (χ4n) is 3.88. The molecule has 184 valence electrons. The van der Waals surface area contributed by atoms with Crippen molar-refractivity contribution >= 4 is 52.2 Å². The van der Waals surface area contributed by atoms with Crippen molar-refractivity contribution in [2.24, 2.45) is 0 Å². The number of rotatable bonds is 6. The van der Waals surface area contributed by atoms with Crippen LogP contribution in [-0.2, 0) is 16.2 Å². The Morgan fingerprint density at radius 2 is 1.75 bits per heavy atom. The van der Waals surface area contributed by atoms with E-state index < -0.39 is 17.8 Å². The highest BCUT2D eigenvalue weighted by atomic mass is 127. The first-order chi connectivity index (χ1) is 17.2. The van der Waals surface area contributed by atoms with E-state index in [1.807, 2.05) is 19.9 Å². The molecule has 1 aliphatic rings. The molecule has 4 rings (SSSR count). The minimum atomic E-state index is -0.805. The molecule has 0 spiro atoms. The first-order valence-electron chi connectivity index (χ1n) is 10.9. The van der Waals surface area contributed by atoms with Crippen molar-refractivity contribution in [3.05, 3.63) is 91.8 Å². The normalized spacial score (nSPS) is 14.8. The van der Waals surface area contributed by atoms with Gasteiger partial charge in [-0.1, -0.05) is 18.2 Å². The molecule has 0 aromatic heterocycles. The van der Waals surface area contributed by atoms with Gasteiger partial charge in [0.05, 0.1) is 16.4 Å². The van der Waals surface area contributed by atoms with E-state index in [2.05, 4.69) is 27.9 Å². The minimum absolute atomic E-state index is 0.123. The molecular weight excluding hydrogens is 578 g/mol. The second kappa shape index (κ2) is 10.5. The van der Waals surface area contributed by atoms with Gasteiger partial charge in [0.15, 0.2) is 11.5 Å². The molecule has 3 aromatic carbocycles. The largest absolute Gasteiger partial charge is 0.493 e. The fourth-order valence-corrected chi connectivity index (χ4v) is 4.66. The zero-order chi connectivity index (χ0) is 26.0. The number of hydrogen-bond acceptors (Lipinski definition) is 5. The lowest BCUT2D eigenvalue weighted by molar-refractivity contribution is -0.122. The van der Waals surface area contributed by atoms with Crippen LogP contribution in [0.5, 0.6) is 11.5 Å². The number of hydrogen-bond donors (Lipinski definition) is 1. The highest BCUT2D eigenvalue weighted by Crippen LogP contribution is 2.35. The Morgan fingerprint density at radius 1 is 1.03 bits per heavy atom. The van der Waals surface area contributed by atoms with E-state index in [-0.39, 0.29) is 18.0 Å². The molecule has 1 fully saturated rings. The first-order valence-corrected chi connectivity index (χ1v) is 12.0. The zero-order valence-electron chi connectivity index (χ0n) is 19.7. The average Bonchev–Trinajstić information content (AvgIpc) is 2.80. The van der Waals surface area contributed by atoms with Gasteiger partial charge >= 0.3 is 6.03 Å². The number of benzene rings is 3. The first kappa shape index (κ1) is 25.4. The highest BCUT2D eigenvalue weighted by Gasteiger charge is 2.37. The third kappa shape index (κ3) is 5.40. The monoisotopic (exact) mass is 600 g/mol. The molecule has 0 aliphatic carbocycles. The number of imide groups is 2. The van der Waals surface area contributed by atoms with Gasteiger partial charge < -0.3 is 9.47 Å². The number of aryl methyl sites for hydroxylation is 2. The summed E-state index contributed by atoms with van der Waals surface area (Å²) in [4.78, 5) is 39.3. The maximum Gasteiger partial charge on any atom is 0.335 e. The number of nitrogens with one attached hydrogen (secondary N) is 1. The highest BCUT2D eigenvalue weighted by molar-refractivity contribution is 14.1. The van der Waals surface area contributed by atoms with Crippen molar-refractivity contribution in [2.45, 2.75) is 20.5 Å². The molecule has 1 N–H and O–H groups in total. The zero-order valence-corrected chi connectivity index (χ0v) is 21.9. The molecule has 4 amide bonds. The van der Waals surface area contributed by atoms with E-state index in [4.69, 9.17) is 9.47 Å². The number of anilines is 1. The predicted octanol–water partition coefficient (Wildman–Crippen LogP) is 5.30. The molecule has 3 aromatic rings. The Morgan fingerprint density at radius 3 is 2.42 bits per heavy atom. The quantitative estimate of drug-likeness (QED) is 0.236. The van der Waals surface area contributed by atoms with Crippen LogP contribution in [0.4, 0.5) is 14.9 Å². The van der Waals surface area contributed by atoms with Crippen molar-refractivity contribution in [3.8, 4) is 11.5 Å². The summed E-state index contributed by atoms with van der Waals surface area (Å²) in [7, 11) is 1.47. The van der Waals surface area contributed by atoms with Crippen LogP contribution in [-0.4, -0.2) is 25.0 Å². The summed E-state index contributed by atoms with van der Waals surface area (Å²) >= 11 is 2.05. The Balaban J connectivity index is 1.66. The van der Waals surface area contributed by atoms with E-state index in [1.54, 1.807) is 36.4 Å². The van der Waals surface area contributed by atoms with Crippen LogP contribution in [0.15, 0.2) is 60.2 Å². The lowest BCUT2D eigenvalue weighted by atomic mass is 10.0. The van der Waals surface area contributed by atoms with Crippen molar-refractivity contribution in [3.63, 3.8) is 0 Å². The molecule has 1 aliphatic heterocycles. The van der Waals surface area contributed by atoms with Crippen LogP contribution in [0.1, 0.15) is 22.3 Å². The lowest BCUT2D eigenvalue weighted by Gasteiger charge is -2.27. The average molecular weight is 600 g/mol. The molecule has 36 heavy (non-hydrogen) atoms. The Bertz CT molecular complexity index is 1400. The second-order valence-electron chi connectivity index (χ2n) is 8.26. The van der Waals surface area contributed by atoms with E-state index in [1.165, 1.54) is 25.3 Å². The van der Waals surface area contributed by atoms with Gasteiger partial charge in [0.2, 0.25) is 0 Å². The molecule has 0 bridgehead atoms. The Labute approximate surface area is 221 Å². The molecule has 0 unspecified atom stereocenters. The number of methoxy groups -OCH3 is 1. The van der Waals surface area contributed by atoms with Gasteiger partial charge in [-0.15, -0.1) is 0 Å². The molecule has 0 saturated carbocycles. The molecule has 9 heteroatoms. The third-order valence-electron chi connectivity index (χ3n) is 5.40. The number of nitrogens with zero attached hydrogens (tertiary/aromatic N) is 1. The van der Waals surface area contributed by atoms with Crippen LogP contribution in [0.3, 0.4) is 0 Å². The summed E-state index contributed by atoms with van der Waals surface area (Å²) in [5.74, 6) is -1.06. The van der Waals surface area contributed by atoms with Gasteiger partial charge in [0.1, 0.15) is 18.0 Å². The molecular formula is C27H22FIN2O5. The molecule has 7 nitrogen and oxygen atoms in total. The molecule has 0 atom stereocenters. The minimum Gasteiger partial charge on any atom is -0.493 e. The van der Waals surface area contributed by atoms with Crippen LogP contribution in [0.25, 0.3) is 6.08 Å². The summed E-state index contributed by atoms with van der Waals surface area (Å²) in [6.45, 7) is 3.84. The number of barbiturate groups is 1. The predicted molar refractivity (Wildman–Crippen MR) is 141 cm³/mol. The van der Waals surface area contributed by atoms with Gasteiger partial charge in [-0.3, -0.25) is 14.9 Å². The van der Waals surface area contributed by atoms with Gasteiger partial charge in [-0.25, -0.2) is 14.1 Å². The molecule has 1 heterocycles. The van der Waals surface area contributed by atoms with E-state index in [0.717, 1.165) is 16.0 Å². The summed E-state index contributed by atoms with van der Waals surface area (Å²) in [6, 6.07) is 13.9. The summed E-state index contributed by atoms with van der Waals surface area (Å²) in [6.07, 6.45) is 1.40. The lowest BCUT2D eigenvalue weighted by Crippen LogP contribution is -2.54. The van der Waals surface area contributed by atoms with Gasteiger partial charge in [0, 0.05) is 0 Å². The van der Waals surface area contributed by atoms with Gasteiger partial charge in [0.25, 0.3) is 11.8 Å². The van der Waals surface area contributed by atoms with Gasteiger partial charge in [-0.2, -0.15) is 0 Å². The second-order valence-corrected chi connectivity index (χ2v) is 9.42. The van der Waals surface area contributed by atoms with Crippen molar-refractivity contribution < 1.29 is 28.2 Å². The third-order valence-corrected chi connectivity index (χ3v) is 6.20. The van der Waals surface area contributed by atoms with E-state index in [9.17, 15) is 18.8 Å². The molecule has 1 saturated heterocycles. The van der Waals surface area contributed by atoms with E-state index >= 15 is 0 Å². The number of amides is 4. The summed E-state index contributed by atoms with van der Waals surface area (Å²) in [5, 5.41) is 2.24. The van der Waals surface area contributed by atoms with Crippen LogP contribution >= 0.6 is 22.6 Å². The fraction of sp³-hybridized carbons (Fsp3) is 0.148. The number of urea groups is 1. The Kier molecular flexibility index (Phi) is 7.39.